The summed E-state index contributed by atoms with van der Waals surface area (Å²) in [7, 11) is 0. The molecule has 0 amide bonds. The normalized spacial score (nSPS) is 14.3. The van der Waals surface area contributed by atoms with Crippen LogP contribution in [0.25, 0.3) is 0 Å². The minimum atomic E-state index is -1.12. The van der Waals surface area contributed by atoms with Gasteiger partial charge in [0.05, 0.1) is 15.0 Å². The molecule has 2 atom stereocenters. The van der Waals surface area contributed by atoms with E-state index in [1.54, 1.807) is 0 Å². The molecule has 18 heavy (non-hydrogen) atoms. The van der Waals surface area contributed by atoms with Crippen LogP contribution in [0.5, 0.6) is 5.75 Å². The highest BCUT2D eigenvalue weighted by Crippen LogP contribution is 2.35. The van der Waals surface area contributed by atoms with Gasteiger partial charge in [-0.3, -0.25) is 4.79 Å². The van der Waals surface area contributed by atoms with Crippen LogP contribution in [-0.2, 0) is 4.79 Å². The van der Waals surface area contributed by atoms with Gasteiger partial charge < -0.3 is 15.3 Å². The second-order valence-corrected chi connectivity index (χ2v) is 6.55. The van der Waals surface area contributed by atoms with E-state index in [0.29, 0.717) is 14.5 Å². The number of carbonyl (C=O) groups is 1. The molecule has 7 heteroatoms. The van der Waals surface area contributed by atoms with E-state index in [4.69, 9.17) is 0 Å². The van der Waals surface area contributed by atoms with Gasteiger partial charge in [-0.2, -0.15) is 0 Å². The Hall–Kier alpha value is -0.0800. The molecule has 0 saturated carbocycles. The van der Waals surface area contributed by atoms with Crippen LogP contribution in [0, 0.1) is 0 Å². The van der Waals surface area contributed by atoms with Crippen LogP contribution in [0.2, 0.25) is 0 Å². The molecule has 0 fully saturated rings. The molecule has 4 nitrogen and oxygen atoms in total. The van der Waals surface area contributed by atoms with Crippen LogP contribution in [0.15, 0.2) is 21.1 Å². The second kappa shape index (κ2) is 6.91. The first-order valence-corrected chi connectivity index (χ1v) is 7.57. The highest BCUT2D eigenvalue weighted by atomic mass is 79.9. The largest absolute Gasteiger partial charge is 0.506 e. The molecule has 3 N–H and O–H groups in total. The molecule has 0 aliphatic carbocycles. The third kappa shape index (κ3) is 4.24. The molecular weight excluding hydrogens is 388 g/mol. The highest BCUT2D eigenvalue weighted by Gasteiger charge is 2.21. The van der Waals surface area contributed by atoms with Crippen LogP contribution >= 0.6 is 43.6 Å². The van der Waals surface area contributed by atoms with Crippen molar-refractivity contribution >= 4 is 48.7 Å². The Morgan fingerprint density at radius 2 is 1.83 bits per heavy atom. The maximum atomic E-state index is 10.8. The van der Waals surface area contributed by atoms with Crippen molar-refractivity contribution in [1.82, 2.24) is 0 Å². The average molecular weight is 400 g/mol. The Bertz CT molecular complexity index is 430. The Balaban J connectivity index is 2.83. The van der Waals surface area contributed by atoms with E-state index in [-0.39, 0.29) is 16.6 Å². The maximum Gasteiger partial charge on any atom is 0.185 e. The summed E-state index contributed by atoms with van der Waals surface area (Å²) < 4.78 is 0.828. The lowest BCUT2D eigenvalue weighted by molar-refractivity contribution is -0.109. The summed E-state index contributed by atoms with van der Waals surface area (Å²) in [5.74, 6) is 0.144. The number of benzene rings is 1. The van der Waals surface area contributed by atoms with Gasteiger partial charge in [-0.05, 0) is 49.6 Å². The van der Waals surface area contributed by atoms with E-state index < -0.39 is 12.2 Å². The van der Waals surface area contributed by atoms with Crippen molar-refractivity contribution < 1.29 is 20.1 Å². The lowest BCUT2D eigenvalue weighted by Gasteiger charge is -2.18. The number of phenols is 1. The summed E-state index contributed by atoms with van der Waals surface area (Å²) in [5, 5.41) is 29.1. The fourth-order valence-electron chi connectivity index (χ4n) is 1.27. The number of phenolic OH excluding ortho intramolecular Hbond substituents is 1. The predicted molar refractivity (Wildman–Crippen MR) is 77.6 cm³/mol. The minimum Gasteiger partial charge on any atom is -0.506 e. The second-order valence-electron chi connectivity index (χ2n) is 3.65. The number of thioether (sulfide) groups is 1. The van der Waals surface area contributed by atoms with Gasteiger partial charge in [-0.1, -0.05) is 11.8 Å². The third-order valence-corrected chi connectivity index (χ3v) is 4.33. The van der Waals surface area contributed by atoms with Crippen molar-refractivity contribution in [3.63, 3.8) is 0 Å². The van der Waals surface area contributed by atoms with E-state index in [2.05, 4.69) is 31.9 Å². The predicted octanol–water partition coefficient (Wildman–Crippen LogP) is 2.59. The van der Waals surface area contributed by atoms with Crippen molar-refractivity contribution in [3.8, 4) is 5.75 Å². The van der Waals surface area contributed by atoms with Crippen LogP contribution in [0.3, 0.4) is 0 Å². The molecule has 0 aliphatic rings. The zero-order chi connectivity index (χ0) is 13.9. The molecule has 0 spiro atoms. The number of rotatable bonds is 4. The van der Waals surface area contributed by atoms with Crippen molar-refractivity contribution in [2.45, 2.75) is 19.1 Å². The molecule has 0 saturated heterocycles. The molecule has 1 aromatic carbocycles. The molecule has 2 unspecified atom stereocenters. The van der Waals surface area contributed by atoms with Crippen LogP contribution in [0.1, 0.15) is 18.6 Å². The topological polar surface area (TPSA) is 77.8 Å². The molecule has 0 heterocycles. The third-order valence-electron chi connectivity index (χ3n) is 2.20. The quantitative estimate of drug-likeness (QED) is 0.725. The van der Waals surface area contributed by atoms with Crippen molar-refractivity contribution in [2.24, 2.45) is 0 Å². The number of hydrogen-bond donors (Lipinski definition) is 3. The van der Waals surface area contributed by atoms with Gasteiger partial charge in [0.2, 0.25) is 0 Å². The van der Waals surface area contributed by atoms with Crippen molar-refractivity contribution in [1.29, 1.82) is 0 Å². The van der Waals surface area contributed by atoms with Gasteiger partial charge in [-0.25, -0.2) is 0 Å². The lowest BCUT2D eigenvalue weighted by Crippen LogP contribution is -2.21. The van der Waals surface area contributed by atoms with Crippen molar-refractivity contribution in [3.05, 3.63) is 26.6 Å². The molecule has 0 aliphatic heterocycles. The van der Waals surface area contributed by atoms with E-state index >= 15 is 0 Å². The fraction of sp³-hybridized carbons (Fsp3) is 0.364. The summed E-state index contributed by atoms with van der Waals surface area (Å²) in [6, 6.07) is 3.04. The summed E-state index contributed by atoms with van der Waals surface area (Å²) in [5.41, 5.74) is 0.447. The molecule has 0 aromatic heterocycles. The van der Waals surface area contributed by atoms with Gasteiger partial charge in [0.1, 0.15) is 11.9 Å². The average Bonchev–Trinajstić information content (AvgIpc) is 2.31. The van der Waals surface area contributed by atoms with Crippen molar-refractivity contribution in [2.75, 3.05) is 5.75 Å². The zero-order valence-electron chi connectivity index (χ0n) is 9.43. The van der Waals surface area contributed by atoms with Gasteiger partial charge in [0.25, 0.3) is 0 Å². The lowest BCUT2D eigenvalue weighted by atomic mass is 10.1. The number of aliphatic hydroxyl groups is 2. The van der Waals surface area contributed by atoms with Crippen LogP contribution in [0.4, 0.5) is 0 Å². The first-order chi connectivity index (χ1) is 8.32. The Morgan fingerprint density at radius 1 is 1.33 bits per heavy atom. The Labute approximate surface area is 126 Å². The van der Waals surface area contributed by atoms with Gasteiger partial charge in [0.15, 0.2) is 5.12 Å². The molecule has 0 radical (unpaired) electrons. The van der Waals surface area contributed by atoms with Crippen LogP contribution in [-0.4, -0.2) is 32.3 Å². The first kappa shape index (κ1) is 16.0. The summed E-state index contributed by atoms with van der Waals surface area (Å²) in [6.07, 6.45) is -2.17. The smallest absolute Gasteiger partial charge is 0.185 e. The van der Waals surface area contributed by atoms with E-state index in [9.17, 15) is 20.1 Å². The fourth-order valence-corrected chi connectivity index (χ4v) is 3.08. The number of aromatic hydroxyl groups is 1. The standard InChI is InChI=1S/C11H12Br2O4S/c1-5(14)18-4-9(15)10(16)6-2-7(12)11(17)8(13)3-6/h2-3,9-10,15-17H,4H2,1H3. The van der Waals surface area contributed by atoms with Gasteiger partial charge in [-0.15, -0.1) is 0 Å². The number of aliphatic hydroxyl groups excluding tert-OH is 2. The zero-order valence-corrected chi connectivity index (χ0v) is 13.4. The SMILES string of the molecule is CC(=O)SCC(O)C(O)c1cc(Br)c(O)c(Br)c1. The minimum absolute atomic E-state index is 0.0264. The molecular formula is C11H12Br2O4S. The molecule has 0 bridgehead atoms. The summed E-state index contributed by atoms with van der Waals surface area (Å²) in [6.45, 7) is 1.40. The number of carbonyl (C=O) groups excluding carboxylic acids is 1. The van der Waals surface area contributed by atoms with Gasteiger partial charge in [0, 0.05) is 12.7 Å². The van der Waals surface area contributed by atoms with E-state index in [0.717, 1.165) is 11.8 Å². The number of halogens is 2. The monoisotopic (exact) mass is 398 g/mol. The van der Waals surface area contributed by atoms with E-state index in [1.807, 2.05) is 0 Å². The maximum absolute atomic E-state index is 10.8. The van der Waals surface area contributed by atoms with Crippen LogP contribution < -0.4 is 0 Å². The number of hydrogen-bond acceptors (Lipinski definition) is 5. The highest BCUT2D eigenvalue weighted by molar-refractivity contribution is 9.11. The Morgan fingerprint density at radius 3 is 2.28 bits per heavy atom. The molecule has 100 valence electrons. The van der Waals surface area contributed by atoms with Gasteiger partial charge >= 0.3 is 0 Å². The molecule has 1 rings (SSSR count). The summed E-state index contributed by atoms with van der Waals surface area (Å²) >= 11 is 7.24. The molecule has 1 aromatic rings. The van der Waals surface area contributed by atoms with E-state index in [1.165, 1.54) is 19.1 Å². The Kier molecular flexibility index (Phi) is 6.13. The first-order valence-electron chi connectivity index (χ1n) is 5.00. The summed E-state index contributed by atoms with van der Waals surface area (Å²) in [4.78, 5) is 10.8.